The fourth-order valence-corrected chi connectivity index (χ4v) is 1.40. The number of aliphatic carboxylic acids is 1. The molecule has 1 atom stereocenters. The van der Waals surface area contributed by atoms with Gasteiger partial charge in [0, 0.05) is 10.0 Å². The molecule has 0 heterocycles. The molecule has 1 aromatic carbocycles. The molecule has 0 bridgehead atoms. The van der Waals surface area contributed by atoms with Crippen molar-refractivity contribution < 1.29 is 15.0 Å². The van der Waals surface area contributed by atoms with Gasteiger partial charge in [-0.25, -0.2) is 4.79 Å². The van der Waals surface area contributed by atoms with Gasteiger partial charge in [-0.1, -0.05) is 15.9 Å². The van der Waals surface area contributed by atoms with Crippen LogP contribution in [0.3, 0.4) is 0 Å². The van der Waals surface area contributed by atoms with E-state index in [1.165, 1.54) is 19.1 Å². The summed E-state index contributed by atoms with van der Waals surface area (Å²) in [4.78, 5) is 10.8. The number of halogens is 1. The van der Waals surface area contributed by atoms with E-state index in [4.69, 9.17) is 10.8 Å². The predicted octanol–water partition coefficient (Wildman–Crippen LogP) is 1.41. The molecule has 1 rings (SSSR count). The van der Waals surface area contributed by atoms with Crippen molar-refractivity contribution in [3.8, 4) is 5.75 Å². The van der Waals surface area contributed by atoms with Crippen LogP contribution in [0.1, 0.15) is 12.5 Å². The Labute approximate surface area is 89.5 Å². The third-order valence-corrected chi connectivity index (χ3v) is 2.46. The minimum atomic E-state index is -1.59. The zero-order chi connectivity index (χ0) is 10.9. The van der Waals surface area contributed by atoms with Gasteiger partial charge >= 0.3 is 5.97 Å². The Balaban J connectivity index is 3.31. The summed E-state index contributed by atoms with van der Waals surface area (Å²) in [5.74, 6) is -1.31. The molecule has 0 aliphatic carbocycles. The molecule has 0 saturated heterocycles. The smallest absolute Gasteiger partial charge is 0.328 e. The van der Waals surface area contributed by atoms with Crippen molar-refractivity contribution in [2.75, 3.05) is 0 Å². The lowest BCUT2D eigenvalue weighted by Crippen LogP contribution is -2.41. The Morgan fingerprint density at radius 1 is 1.57 bits per heavy atom. The number of phenolic OH excluding ortho intramolecular Hbond substituents is 1. The zero-order valence-electron chi connectivity index (χ0n) is 7.49. The van der Waals surface area contributed by atoms with E-state index in [0.29, 0.717) is 4.47 Å². The van der Waals surface area contributed by atoms with Gasteiger partial charge in [-0.2, -0.15) is 0 Å². The Morgan fingerprint density at radius 3 is 2.64 bits per heavy atom. The lowest BCUT2D eigenvalue weighted by Gasteiger charge is -2.20. The van der Waals surface area contributed by atoms with Crippen LogP contribution in [0.15, 0.2) is 22.7 Å². The maximum absolute atomic E-state index is 10.8. The Kier molecular flexibility index (Phi) is 2.82. The normalized spacial score (nSPS) is 14.8. The molecule has 76 valence electrons. The molecule has 0 aliphatic rings. The number of phenols is 1. The van der Waals surface area contributed by atoms with Crippen molar-refractivity contribution in [1.29, 1.82) is 0 Å². The predicted molar refractivity (Wildman–Crippen MR) is 55.0 cm³/mol. The molecule has 0 aliphatic heterocycles. The lowest BCUT2D eigenvalue weighted by atomic mass is 9.93. The summed E-state index contributed by atoms with van der Waals surface area (Å²) in [5, 5.41) is 18.3. The second-order valence-corrected chi connectivity index (χ2v) is 4.08. The molecule has 0 saturated carbocycles. The monoisotopic (exact) mass is 259 g/mol. The van der Waals surface area contributed by atoms with Crippen molar-refractivity contribution in [2.24, 2.45) is 5.73 Å². The van der Waals surface area contributed by atoms with E-state index in [-0.39, 0.29) is 11.3 Å². The number of rotatable bonds is 2. The molecule has 0 aromatic heterocycles. The maximum atomic E-state index is 10.8. The van der Waals surface area contributed by atoms with E-state index >= 15 is 0 Å². The van der Waals surface area contributed by atoms with Crippen LogP contribution in [0.25, 0.3) is 0 Å². The summed E-state index contributed by atoms with van der Waals surface area (Å²) in [6, 6.07) is 4.49. The van der Waals surface area contributed by atoms with E-state index in [1.807, 2.05) is 0 Å². The molecular weight excluding hydrogens is 250 g/mol. The fourth-order valence-electron chi connectivity index (χ4n) is 1.04. The fraction of sp³-hybridized carbons (Fsp3) is 0.222. The summed E-state index contributed by atoms with van der Waals surface area (Å²) in [6.45, 7) is 1.33. The number of hydrogen-bond acceptors (Lipinski definition) is 3. The highest BCUT2D eigenvalue weighted by Gasteiger charge is 2.32. The van der Waals surface area contributed by atoms with Gasteiger partial charge in [0.1, 0.15) is 11.3 Å². The Bertz CT molecular complexity index is 376. The summed E-state index contributed by atoms with van der Waals surface area (Å²) in [5.41, 5.74) is 4.16. The largest absolute Gasteiger partial charge is 0.508 e. The highest BCUT2D eigenvalue weighted by Crippen LogP contribution is 2.30. The van der Waals surface area contributed by atoms with Crippen LogP contribution in [-0.4, -0.2) is 16.2 Å². The van der Waals surface area contributed by atoms with Gasteiger partial charge in [0.05, 0.1) is 0 Å². The summed E-state index contributed by atoms with van der Waals surface area (Å²) in [6.07, 6.45) is 0. The van der Waals surface area contributed by atoms with Gasteiger partial charge in [-0.15, -0.1) is 0 Å². The molecular formula is C9H10BrNO3. The third kappa shape index (κ3) is 1.88. The molecule has 1 aromatic rings. The highest BCUT2D eigenvalue weighted by molar-refractivity contribution is 9.10. The number of aromatic hydroxyl groups is 1. The second kappa shape index (κ2) is 3.59. The van der Waals surface area contributed by atoms with Gasteiger partial charge in [0.25, 0.3) is 0 Å². The zero-order valence-corrected chi connectivity index (χ0v) is 9.08. The number of carboxylic acid groups (broad SMARTS) is 1. The van der Waals surface area contributed by atoms with Gasteiger partial charge in [-0.05, 0) is 25.1 Å². The number of hydrogen-bond donors (Lipinski definition) is 3. The number of carboxylic acids is 1. The topological polar surface area (TPSA) is 83.6 Å². The standard InChI is InChI=1S/C9H10BrNO3/c1-9(11,8(13)14)6-4-5(10)2-3-7(6)12/h2-4,12H,11H2,1H3,(H,13,14)/t9-/m1/s1. The van der Waals surface area contributed by atoms with Crippen molar-refractivity contribution >= 4 is 21.9 Å². The van der Waals surface area contributed by atoms with Crippen LogP contribution in [0, 0.1) is 0 Å². The van der Waals surface area contributed by atoms with Crippen molar-refractivity contribution in [3.63, 3.8) is 0 Å². The average molecular weight is 260 g/mol. The van der Waals surface area contributed by atoms with Crippen molar-refractivity contribution in [1.82, 2.24) is 0 Å². The molecule has 0 amide bonds. The molecule has 5 heteroatoms. The molecule has 14 heavy (non-hydrogen) atoms. The quantitative estimate of drug-likeness (QED) is 0.750. The van der Waals surface area contributed by atoms with Gasteiger partial charge in [-0.3, -0.25) is 0 Å². The number of nitrogens with two attached hydrogens (primary N) is 1. The first-order valence-electron chi connectivity index (χ1n) is 3.87. The molecule has 4 nitrogen and oxygen atoms in total. The van der Waals surface area contributed by atoms with Gasteiger partial charge in [0.15, 0.2) is 0 Å². The minimum Gasteiger partial charge on any atom is -0.508 e. The molecule has 0 radical (unpaired) electrons. The van der Waals surface area contributed by atoms with Crippen LogP contribution in [-0.2, 0) is 10.3 Å². The first-order valence-corrected chi connectivity index (χ1v) is 4.66. The minimum absolute atomic E-state index is 0.124. The van der Waals surface area contributed by atoms with E-state index in [0.717, 1.165) is 0 Å². The molecule has 0 fully saturated rings. The first-order chi connectivity index (χ1) is 6.35. The Morgan fingerprint density at radius 2 is 2.14 bits per heavy atom. The van der Waals surface area contributed by atoms with E-state index in [1.54, 1.807) is 6.07 Å². The lowest BCUT2D eigenvalue weighted by molar-refractivity contribution is -0.143. The van der Waals surface area contributed by atoms with Gasteiger partial charge in [0.2, 0.25) is 0 Å². The van der Waals surface area contributed by atoms with Crippen molar-refractivity contribution in [3.05, 3.63) is 28.2 Å². The molecule has 0 unspecified atom stereocenters. The van der Waals surface area contributed by atoms with Crippen LogP contribution < -0.4 is 5.73 Å². The van der Waals surface area contributed by atoms with Gasteiger partial charge < -0.3 is 15.9 Å². The van der Waals surface area contributed by atoms with E-state index in [2.05, 4.69) is 15.9 Å². The average Bonchev–Trinajstić information content (AvgIpc) is 2.08. The maximum Gasteiger partial charge on any atom is 0.328 e. The summed E-state index contributed by atoms with van der Waals surface area (Å²) in [7, 11) is 0. The number of carbonyl (C=O) groups is 1. The van der Waals surface area contributed by atoms with Crippen molar-refractivity contribution in [2.45, 2.75) is 12.5 Å². The summed E-state index contributed by atoms with van der Waals surface area (Å²) >= 11 is 3.18. The number of benzene rings is 1. The second-order valence-electron chi connectivity index (χ2n) is 3.17. The highest BCUT2D eigenvalue weighted by atomic mass is 79.9. The third-order valence-electron chi connectivity index (χ3n) is 1.96. The van der Waals surface area contributed by atoms with E-state index in [9.17, 15) is 9.90 Å². The van der Waals surface area contributed by atoms with Crippen LogP contribution in [0.5, 0.6) is 5.75 Å². The van der Waals surface area contributed by atoms with E-state index < -0.39 is 11.5 Å². The molecule has 4 N–H and O–H groups in total. The van der Waals surface area contributed by atoms with Crippen LogP contribution in [0.2, 0.25) is 0 Å². The molecule has 0 spiro atoms. The first kappa shape index (κ1) is 11.0. The Hall–Kier alpha value is -1.07. The van der Waals surface area contributed by atoms with Crippen LogP contribution in [0.4, 0.5) is 0 Å². The SMILES string of the molecule is C[C@](N)(C(=O)O)c1cc(Br)ccc1O. The summed E-state index contributed by atoms with van der Waals surface area (Å²) < 4.78 is 0.670. The van der Waals surface area contributed by atoms with Crippen LogP contribution >= 0.6 is 15.9 Å².